The Morgan fingerprint density at radius 2 is 1.92 bits per heavy atom. The van der Waals surface area contributed by atoms with E-state index in [1.165, 1.54) is 10.8 Å². The van der Waals surface area contributed by atoms with Gasteiger partial charge in [-0.15, -0.1) is 0 Å². The zero-order valence-electron chi connectivity index (χ0n) is 6.99. The third kappa shape index (κ3) is 0.901. The van der Waals surface area contributed by atoms with Crippen molar-refractivity contribution in [3.05, 3.63) is 36.4 Å². The van der Waals surface area contributed by atoms with Crippen molar-refractivity contribution >= 4 is 29.4 Å². The normalized spacial score (nSPS) is 12.3. The summed E-state index contributed by atoms with van der Waals surface area (Å²) in [6, 6.07) is 12.4. The topological polar surface area (TPSA) is 24.4 Å². The molecule has 1 heterocycles. The molecule has 0 fully saturated rings. The number of hydrogen-bond acceptors (Lipinski definition) is 2. The Hall–Kier alpha value is -1.64. The maximum atomic E-state index is 4.28. The number of rotatable bonds is 0. The first-order valence-corrected chi connectivity index (χ1v) is 4.26. The van der Waals surface area contributed by atoms with Gasteiger partial charge in [-0.2, -0.15) is 0 Å². The molecule has 1 aliphatic heterocycles. The Balaban J connectivity index is 2.56. The van der Waals surface area contributed by atoms with Crippen LogP contribution in [-0.4, -0.2) is 7.21 Å². The number of anilines is 1. The Morgan fingerprint density at radius 1 is 1.08 bits per heavy atom. The van der Waals surface area contributed by atoms with Crippen LogP contribution in [0, 0.1) is 0 Å². The average Bonchev–Trinajstić information content (AvgIpc) is 2.19. The molecule has 3 heteroatoms. The van der Waals surface area contributed by atoms with Gasteiger partial charge in [0.1, 0.15) is 0 Å². The molecule has 0 saturated carbocycles. The van der Waals surface area contributed by atoms with Gasteiger partial charge >= 0.3 is 75.9 Å². The Bertz CT molecular complexity index is 500. The van der Waals surface area contributed by atoms with E-state index >= 15 is 0 Å². The molecule has 1 aliphatic rings. The molecule has 0 aliphatic carbocycles. The summed E-state index contributed by atoms with van der Waals surface area (Å²) >= 11 is 0. The first-order chi connectivity index (χ1) is 6.45. The van der Waals surface area contributed by atoms with E-state index in [-0.39, 0.29) is 0 Å². The van der Waals surface area contributed by atoms with Gasteiger partial charge in [0.2, 0.25) is 0 Å². The fourth-order valence-corrected chi connectivity index (χ4v) is 1.72. The summed E-state index contributed by atoms with van der Waals surface area (Å²) in [5, 5.41) is 5.59. The molecular weight excluding hydrogens is 159 g/mol. The van der Waals surface area contributed by atoms with Crippen molar-refractivity contribution in [1.29, 1.82) is 0 Å². The standard InChI is InChI=1S/C10H7BN2/c1-3-7-4-2-6-9-10(7)8(5-1)12-11-13-9/h1-6,12H. The quantitative estimate of drug-likeness (QED) is 0.597. The molecule has 0 atom stereocenters. The summed E-state index contributed by atoms with van der Waals surface area (Å²) in [4.78, 5) is 4.28. The van der Waals surface area contributed by atoms with Crippen LogP contribution in [0.4, 0.5) is 11.4 Å². The molecule has 13 heavy (non-hydrogen) atoms. The first-order valence-electron chi connectivity index (χ1n) is 4.26. The number of nitrogens with zero attached hydrogens (tertiary/aromatic N) is 1. The van der Waals surface area contributed by atoms with Gasteiger partial charge in [0.05, 0.1) is 0 Å². The van der Waals surface area contributed by atoms with E-state index in [2.05, 4.69) is 28.3 Å². The van der Waals surface area contributed by atoms with Crippen molar-refractivity contribution in [1.82, 2.24) is 0 Å². The molecular formula is C10H7BN2. The predicted molar refractivity (Wildman–Crippen MR) is 55.4 cm³/mol. The second-order valence-corrected chi connectivity index (χ2v) is 3.08. The van der Waals surface area contributed by atoms with E-state index in [9.17, 15) is 0 Å². The summed E-state index contributed by atoms with van der Waals surface area (Å²) in [5.74, 6) is 0. The molecule has 1 N–H and O–H groups in total. The summed E-state index contributed by atoms with van der Waals surface area (Å²) in [6.07, 6.45) is 0. The van der Waals surface area contributed by atoms with Crippen molar-refractivity contribution in [2.75, 3.05) is 5.23 Å². The van der Waals surface area contributed by atoms with E-state index in [0.717, 1.165) is 11.4 Å². The van der Waals surface area contributed by atoms with Gasteiger partial charge in [0, 0.05) is 0 Å². The zero-order chi connectivity index (χ0) is 8.67. The van der Waals surface area contributed by atoms with Crippen LogP contribution in [0.2, 0.25) is 0 Å². The van der Waals surface area contributed by atoms with Crippen LogP contribution in [0.3, 0.4) is 0 Å². The van der Waals surface area contributed by atoms with Gasteiger partial charge in [-0.3, -0.25) is 0 Å². The second kappa shape index (κ2) is 2.42. The number of benzene rings is 2. The van der Waals surface area contributed by atoms with Crippen molar-refractivity contribution in [2.45, 2.75) is 0 Å². The van der Waals surface area contributed by atoms with Crippen LogP contribution in [0.15, 0.2) is 41.3 Å². The van der Waals surface area contributed by atoms with Gasteiger partial charge in [-0.1, -0.05) is 0 Å². The fraction of sp³-hybridized carbons (Fsp3) is 0. The minimum atomic E-state index is 1.05. The maximum absolute atomic E-state index is 4.28. The molecule has 0 bridgehead atoms. The van der Waals surface area contributed by atoms with E-state index in [4.69, 9.17) is 0 Å². The van der Waals surface area contributed by atoms with Gasteiger partial charge in [0.25, 0.3) is 0 Å². The molecule has 0 spiro atoms. The number of nitrogens with one attached hydrogen (secondary N) is 1. The molecule has 0 aromatic heterocycles. The van der Waals surface area contributed by atoms with Gasteiger partial charge in [0.15, 0.2) is 0 Å². The van der Waals surface area contributed by atoms with Crippen molar-refractivity contribution in [2.24, 2.45) is 4.90 Å². The predicted octanol–water partition coefficient (Wildman–Crippen LogP) is 2.70. The molecule has 60 valence electrons. The molecule has 2 nitrogen and oxygen atoms in total. The summed E-state index contributed by atoms with van der Waals surface area (Å²) < 4.78 is 0. The van der Waals surface area contributed by atoms with Crippen molar-refractivity contribution in [3.8, 4) is 0 Å². The van der Waals surface area contributed by atoms with E-state index in [1.54, 1.807) is 7.21 Å². The van der Waals surface area contributed by atoms with E-state index in [0.29, 0.717) is 0 Å². The summed E-state index contributed by atoms with van der Waals surface area (Å²) in [7, 11) is 1.73. The average molecular weight is 166 g/mol. The monoisotopic (exact) mass is 166 g/mol. The van der Waals surface area contributed by atoms with Crippen molar-refractivity contribution in [3.63, 3.8) is 0 Å². The molecule has 0 saturated heterocycles. The Labute approximate surface area is 76.6 Å². The van der Waals surface area contributed by atoms with Gasteiger partial charge in [-0.25, -0.2) is 0 Å². The molecule has 0 radical (unpaired) electrons. The summed E-state index contributed by atoms with van der Waals surface area (Å²) in [6.45, 7) is 0. The Kier molecular flexibility index (Phi) is 1.27. The van der Waals surface area contributed by atoms with Crippen LogP contribution in [-0.2, 0) is 0 Å². The molecule has 0 unspecified atom stereocenters. The SMILES string of the molecule is B1=Nc2cccc3cccc(c23)N1. The van der Waals surface area contributed by atoms with Crippen LogP contribution >= 0.6 is 0 Å². The molecule has 0 amide bonds. The zero-order valence-corrected chi connectivity index (χ0v) is 6.99. The summed E-state index contributed by atoms with van der Waals surface area (Å²) in [5.41, 5.74) is 2.19. The molecule has 2 aromatic carbocycles. The fourth-order valence-electron chi connectivity index (χ4n) is 1.72. The van der Waals surface area contributed by atoms with Crippen molar-refractivity contribution < 1.29 is 0 Å². The first kappa shape index (κ1) is 6.84. The second-order valence-electron chi connectivity index (χ2n) is 3.08. The Morgan fingerprint density at radius 3 is 2.85 bits per heavy atom. The van der Waals surface area contributed by atoms with Crippen LogP contribution in [0.25, 0.3) is 10.8 Å². The molecule has 3 rings (SSSR count). The van der Waals surface area contributed by atoms with Gasteiger partial charge in [-0.05, 0) is 0 Å². The van der Waals surface area contributed by atoms with Crippen LogP contribution in [0.1, 0.15) is 0 Å². The minimum absolute atomic E-state index is 1.05. The van der Waals surface area contributed by atoms with E-state index in [1.807, 2.05) is 18.2 Å². The van der Waals surface area contributed by atoms with Crippen LogP contribution in [0.5, 0.6) is 0 Å². The van der Waals surface area contributed by atoms with Crippen LogP contribution < -0.4 is 5.23 Å². The van der Waals surface area contributed by atoms with E-state index < -0.39 is 0 Å². The third-order valence-corrected chi connectivity index (χ3v) is 2.31. The third-order valence-electron chi connectivity index (χ3n) is 2.31. The van der Waals surface area contributed by atoms with Gasteiger partial charge < -0.3 is 0 Å². The molecule has 2 aromatic rings. The number of hydrogen-bond donors (Lipinski definition) is 1.